The smallest absolute Gasteiger partial charge is 0.163 e. The first-order chi connectivity index (χ1) is 23.7. The molecule has 236 valence electrons. The Balaban J connectivity index is 0.00000348. The maximum atomic E-state index is 5.62. The molecule has 5 aromatic carbocycles. The Hall–Kier alpha value is -5.46. The van der Waals surface area contributed by atoms with Gasteiger partial charge in [0.2, 0.25) is 0 Å². The Morgan fingerprint density at radius 3 is 2.08 bits per heavy atom. The van der Waals surface area contributed by atoms with Crippen molar-refractivity contribution in [3.05, 3.63) is 158 Å². The normalized spacial score (nSPS) is 12.2. The molecule has 0 N–H and O–H groups in total. The van der Waals surface area contributed by atoms with E-state index >= 15 is 0 Å². The summed E-state index contributed by atoms with van der Waals surface area (Å²) in [6, 6.07) is 54.2. The van der Waals surface area contributed by atoms with Gasteiger partial charge in [-0.2, -0.15) is 0 Å². The van der Waals surface area contributed by atoms with Gasteiger partial charge >= 0.3 is 0 Å². The Kier molecular flexibility index (Phi) is 7.89. The van der Waals surface area contributed by atoms with Crippen LogP contribution >= 0.6 is 0 Å². The zero-order chi connectivity index (χ0) is 32.2. The van der Waals surface area contributed by atoms with Crippen molar-refractivity contribution in [1.29, 1.82) is 0 Å². The molecule has 8 aromatic rings. The number of para-hydroxylation sites is 3. The minimum Gasteiger partial charge on any atom is -0.340 e. The van der Waals surface area contributed by atoms with Crippen LogP contribution in [0.4, 0.5) is 28.7 Å². The van der Waals surface area contributed by atoms with E-state index in [9.17, 15) is 0 Å². The number of fused-ring (bicyclic) bond motifs is 4. The summed E-state index contributed by atoms with van der Waals surface area (Å²) in [5.74, 6) is 1.71. The van der Waals surface area contributed by atoms with E-state index in [-0.39, 0.29) is 17.1 Å². The molecule has 2 radical (unpaired) electrons. The second-order valence-electron chi connectivity index (χ2n) is 12.2. The standard InChI is InChI=1S/C42H32N5Si.Mn/c1-45-27-26-33-32(19-12-23-35(33)45)34-20-13-25-40(43-34)47-37-22-10-9-21-36(37)46(2)38-28-29-14-11-24-39(41(29)44-42(38)47)48(30-15-5-3-6-16-30)31-17-7-4-8-18-31;/h3-28H,1-2H3;. The van der Waals surface area contributed by atoms with E-state index in [2.05, 4.69) is 186 Å². The van der Waals surface area contributed by atoms with E-state index < -0.39 is 8.80 Å². The van der Waals surface area contributed by atoms with Gasteiger partial charge in [0, 0.05) is 35.2 Å². The Bertz CT molecular complexity index is 2420. The van der Waals surface area contributed by atoms with Crippen LogP contribution in [0.1, 0.15) is 0 Å². The summed E-state index contributed by atoms with van der Waals surface area (Å²) in [4.78, 5) is 15.5. The van der Waals surface area contributed by atoms with Gasteiger partial charge in [0.15, 0.2) is 14.6 Å². The predicted molar refractivity (Wildman–Crippen MR) is 200 cm³/mol. The van der Waals surface area contributed by atoms with Crippen molar-refractivity contribution in [2.75, 3.05) is 16.8 Å². The van der Waals surface area contributed by atoms with E-state index in [1.807, 2.05) is 0 Å². The first kappa shape index (κ1) is 30.8. The van der Waals surface area contributed by atoms with Gasteiger partial charge in [-0.3, -0.25) is 9.47 Å². The molecule has 0 amide bonds. The summed E-state index contributed by atoms with van der Waals surface area (Å²) >= 11 is 0. The average Bonchev–Trinajstić information content (AvgIpc) is 3.53. The van der Waals surface area contributed by atoms with Crippen LogP contribution in [0.3, 0.4) is 0 Å². The quantitative estimate of drug-likeness (QED) is 0.0840. The molecule has 0 fully saturated rings. The topological polar surface area (TPSA) is 36.1 Å². The number of hydrogen-bond donors (Lipinski definition) is 0. The van der Waals surface area contributed by atoms with E-state index in [4.69, 9.17) is 9.97 Å². The monoisotopic (exact) mass is 689 g/mol. The summed E-state index contributed by atoms with van der Waals surface area (Å²) in [5.41, 5.74) is 7.47. The molecule has 0 saturated heterocycles. The van der Waals surface area contributed by atoms with Crippen LogP contribution in [0.5, 0.6) is 0 Å². The second-order valence-corrected chi connectivity index (χ2v) is 14.7. The summed E-state index contributed by atoms with van der Waals surface area (Å²) < 4.78 is 2.16. The molecule has 0 unspecified atom stereocenters. The fourth-order valence-corrected chi connectivity index (χ4v) is 9.82. The molecule has 49 heavy (non-hydrogen) atoms. The summed E-state index contributed by atoms with van der Waals surface area (Å²) in [7, 11) is 2.86. The van der Waals surface area contributed by atoms with Crippen LogP contribution in [-0.2, 0) is 24.1 Å². The third-order valence-electron chi connectivity index (χ3n) is 9.43. The molecule has 0 saturated carbocycles. The zero-order valence-electron chi connectivity index (χ0n) is 27.1. The maximum absolute atomic E-state index is 5.62. The maximum Gasteiger partial charge on any atom is 0.163 e. The molecule has 1 aliphatic heterocycles. The van der Waals surface area contributed by atoms with Crippen LogP contribution in [0.15, 0.2) is 158 Å². The van der Waals surface area contributed by atoms with Crippen LogP contribution in [0.25, 0.3) is 33.1 Å². The average molecular weight is 690 g/mol. The second kappa shape index (κ2) is 12.5. The molecule has 0 bridgehead atoms. The van der Waals surface area contributed by atoms with Crippen LogP contribution in [0, 0.1) is 0 Å². The first-order valence-electron chi connectivity index (χ1n) is 16.2. The number of aryl methyl sites for hydroxylation is 1. The van der Waals surface area contributed by atoms with E-state index in [0.717, 1.165) is 50.9 Å². The van der Waals surface area contributed by atoms with Gasteiger partial charge in [-0.05, 0) is 41.6 Å². The van der Waals surface area contributed by atoms with Gasteiger partial charge in [0.05, 0.1) is 22.6 Å². The molecule has 0 atom stereocenters. The van der Waals surface area contributed by atoms with Crippen molar-refractivity contribution < 1.29 is 21.6 Å². The Morgan fingerprint density at radius 2 is 1.33 bits per heavy atom. The fourth-order valence-electron chi connectivity index (χ4n) is 7.11. The van der Waals surface area contributed by atoms with Gasteiger partial charge < -0.3 is 4.90 Å². The number of aromatic nitrogens is 3. The number of benzene rings is 5. The zero-order valence-corrected chi connectivity index (χ0v) is 29.3. The third-order valence-corrected chi connectivity index (χ3v) is 12.2. The fraction of sp³-hybridized carbons (Fsp3) is 0.0476. The van der Waals surface area contributed by atoms with Crippen molar-refractivity contribution in [3.63, 3.8) is 0 Å². The number of nitrogens with zero attached hydrogens (tertiary/aromatic N) is 5. The van der Waals surface area contributed by atoms with Gasteiger partial charge in [-0.15, -0.1) is 11.5 Å². The van der Waals surface area contributed by atoms with E-state index in [1.54, 1.807) is 0 Å². The minimum atomic E-state index is -1.36. The first-order valence-corrected chi connectivity index (χ1v) is 17.7. The number of hydrogen-bond acceptors (Lipinski definition) is 4. The van der Waals surface area contributed by atoms with Crippen LogP contribution in [0.2, 0.25) is 0 Å². The van der Waals surface area contributed by atoms with E-state index in [0.29, 0.717) is 0 Å². The summed E-state index contributed by atoms with van der Waals surface area (Å²) in [6.07, 6.45) is 2.11. The van der Waals surface area contributed by atoms with E-state index in [1.165, 1.54) is 26.5 Å². The molecule has 3 aromatic heterocycles. The van der Waals surface area contributed by atoms with Gasteiger partial charge in [0.1, 0.15) is 24.6 Å². The van der Waals surface area contributed by atoms with Crippen molar-refractivity contribution in [2.45, 2.75) is 0 Å². The molecule has 1 aliphatic rings. The molecular weight excluding hydrogens is 658 g/mol. The number of pyridine rings is 2. The van der Waals surface area contributed by atoms with Gasteiger partial charge in [-0.1, -0.05) is 125 Å². The predicted octanol–water partition coefficient (Wildman–Crippen LogP) is 7.06. The minimum absolute atomic E-state index is 0. The third kappa shape index (κ3) is 5.15. The van der Waals surface area contributed by atoms with Crippen molar-refractivity contribution in [1.82, 2.24) is 9.97 Å². The molecule has 0 aliphatic carbocycles. The largest absolute Gasteiger partial charge is 0.340 e. The van der Waals surface area contributed by atoms with Crippen molar-refractivity contribution in [2.24, 2.45) is 7.05 Å². The molecule has 7 heteroatoms. The number of anilines is 5. The van der Waals surface area contributed by atoms with Crippen molar-refractivity contribution in [3.8, 4) is 11.3 Å². The van der Waals surface area contributed by atoms with Gasteiger partial charge in [0.25, 0.3) is 0 Å². The molecule has 9 rings (SSSR count). The summed E-state index contributed by atoms with van der Waals surface area (Å²) in [6.45, 7) is 0. The number of rotatable bonds is 5. The van der Waals surface area contributed by atoms with Gasteiger partial charge in [-0.25, -0.2) is 9.97 Å². The molecule has 0 spiro atoms. The van der Waals surface area contributed by atoms with Crippen LogP contribution < -0.4 is 29.9 Å². The van der Waals surface area contributed by atoms with Crippen molar-refractivity contribution >= 4 is 74.9 Å². The molecular formula is C42H32MnN5Si. The summed E-state index contributed by atoms with van der Waals surface area (Å²) in [5, 5.41) is 6.27. The molecule has 5 nitrogen and oxygen atoms in total. The Labute approximate surface area is 298 Å². The SMILES string of the molecule is CN1c2ccccc2N(c2cccc(-c3cccc4c3[cH-]c[n+]4C)n2)c2nc3c([Si](c4ccccc4)c4ccccc4)cccc3cc21.[Mn]. The van der Waals surface area contributed by atoms with Crippen LogP contribution in [-0.4, -0.2) is 25.8 Å². The Morgan fingerprint density at radius 1 is 0.653 bits per heavy atom. The molecule has 4 heterocycles.